The van der Waals surface area contributed by atoms with Crippen LogP contribution in [-0.2, 0) is 6.42 Å². The standard InChI is InChI=1S/C27H37F2N/c28-26-18-12-22(13-19-26)5-2-1-4-21-8-14-24(15-9-21)25-16-10-23(11-17-25)6-3-7-27(29)20-30/h7,12-13,18-19,21,23-25H,1-6,8-11,14-17H2. The second-order valence-corrected chi connectivity index (χ2v) is 9.68. The van der Waals surface area contributed by atoms with Crippen molar-refractivity contribution in [2.24, 2.45) is 23.7 Å². The lowest BCUT2D eigenvalue weighted by atomic mass is 9.68. The zero-order valence-corrected chi connectivity index (χ0v) is 18.3. The number of nitriles is 1. The van der Waals surface area contributed by atoms with Crippen molar-refractivity contribution in [1.82, 2.24) is 0 Å². The first kappa shape index (κ1) is 23.0. The van der Waals surface area contributed by atoms with Gasteiger partial charge in [-0.15, -0.1) is 0 Å². The predicted octanol–water partition coefficient (Wildman–Crippen LogP) is 8.31. The number of aryl methyl sites for hydroxylation is 1. The van der Waals surface area contributed by atoms with E-state index in [1.807, 2.05) is 12.1 Å². The molecule has 0 heterocycles. The van der Waals surface area contributed by atoms with Crippen LogP contribution in [-0.4, -0.2) is 0 Å². The molecule has 1 aromatic rings. The van der Waals surface area contributed by atoms with Gasteiger partial charge in [0.25, 0.3) is 0 Å². The molecular formula is C27H37F2N. The first-order chi connectivity index (χ1) is 14.6. The average Bonchev–Trinajstić information content (AvgIpc) is 2.79. The second-order valence-electron chi connectivity index (χ2n) is 9.68. The molecule has 0 N–H and O–H groups in total. The Bertz CT molecular complexity index is 687. The summed E-state index contributed by atoms with van der Waals surface area (Å²) in [5, 5.41) is 8.48. The summed E-state index contributed by atoms with van der Waals surface area (Å²) >= 11 is 0. The van der Waals surface area contributed by atoms with Crippen molar-refractivity contribution in [3.8, 4) is 6.07 Å². The quantitative estimate of drug-likeness (QED) is 0.295. The summed E-state index contributed by atoms with van der Waals surface area (Å²) in [5.41, 5.74) is 1.25. The van der Waals surface area contributed by atoms with E-state index in [4.69, 9.17) is 5.26 Å². The van der Waals surface area contributed by atoms with Crippen LogP contribution in [0.15, 0.2) is 36.2 Å². The lowest BCUT2D eigenvalue weighted by Gasteiger charge is -2.38. The molecule has 0 aromatic heterocycles. The summed E-state index contributed by atoms with van der Waals surface area (Å²) in [5.74, 6) is 2.70. The van der Waals surface area contributed by atoms with Crippen molar-refractivity contribution in [3.05, 3.63) is 47.5 Å². The Balaban J connectivity index is 1.26. The fourth-order valence-electron chi connectivity index (χ4n) is 5.80. The Morgan fingerprint density at radius 2 is 1.43 bits per heavy atom. The SMILES string of the molecule is N#CC(F)=CCCC1CCC(C2CCC(CCCCc3ccc(F)cc3)CC2)CC1. The molecule has 30 heavy (non-hydrogen) atoms. The van der Waals surface area contributed by atoms with Gasteiger partial charge in [-0.1, -0.05) is 50.7 Å². The van der Waals surface area contributed by atoms with Gasteiger partial charge in [-0.25, -0.2) is 4.39 Å². The molecule has 3 heteroatoms. The lowest BCUT2D eigenvalue weighted by Crippen LogP contribution is -2.25. The summed E-state index contributed by atoms with van der Waals surface area (Å²) in [6.45, 7) is 0. The van der Waals surface area contributed by atoms with E-state index in [-0.39, 0.29) is 5.82 Å². The van der Waals surface area contributed by atoms with E-state index < -0.39 is 5.83 Å². The predicted molar refractivity (Wildman–Crippen MR) is 119 cm³/mol. The summed E-state index contributed by atoms with van der Waals surface area (Å²) in [6.07, 6.45) is 19.0. The second kappa shape index (κ2) is 12.2. The maximum Gasteiger partial charge on any atom is 0.196 e. The zero-order valence-electron chi connectivity index (χ0n) is 18.3. The molecule has 2 aliphatic rings. The highest BCUT2D eigenvalue weighted by atomic mass is 19.1. The molecule has 0 amide bonds. The fraction of sp³-hybridized carbons (Fsp3) is 0.667. The third-order valence-corrected chi connectivity index (χ3v) is 7.70. The minimum atomic E-state index is -0.629. The van der Waals surface area contributed by atoms with Crippen LogP contribution in [0.5, 0.6) is 0 Å². The minimum absolute atomic E-state index is 0.146. The number of rotatable bonds is 9. The van der Waals surface area contributed by atoms with Gasteiger partial charge in [0.15, 0.2) is 5.83 Å². The molecule has 0 aliphatic heterocycles. The monoisotopic (exact) mass is 413 g/mol. The molecule has 0 saturated heterocycles. The number of hydrogen-bond acceptors (Lipinski definition) is 1. The Morgan fingerprint density at radius 1 is 0.867 bits per heavy atom. The molecule has 2 aliphatic carbocycles. The van der Waals surface area contributed by atoms with E-state index in [2.05, 4.69) is 0 Å². The van der Waals surface area contributed by atoms with Crippen LogP contribution in [0, 0.1) is 40.8 Å². The van der Waals surface area contributed by atoms with Crippen molar-refractivity contribution in [2.45, 2.75) is 89.9 Å². The van der Waals surface area contributed by atoms with Gasteiger partial charge in [0.1, 0.15) is 11.9 Å². The Kier molecular flexibility index (Phi) is 9.37. The number of nitrogens with zero attached hydrogens (tertiary/aromatic N) is 1. The van der Waals surface area contributed by atoms with Gasteiger partial charge in [-0.2, -0.15) is 9.65 Å². The molecular weight excluding hydrogens is 376 g/mol. The molecule has 2 saturated carbocycles. The maximum atomic E-state index is 13.0. The Hall–Kier alpha value is -1.69. The first-order valence-electron chi connectivity index (χ1n) is 12.1. The third kappa shape index (κ3) is 7.53. The van der Waals surface area contributed by atoms with Crippen LogP contribution in [0.2, 0.25) is 0 Å². The van der Waals surface area contributed by atoms with Gasteiger partial charge >= 0.3 is 0 Å². The molecule has 0 unspecified atom stereocenters. The Labute approximate surface area is 181 Å². The normalized spacial score (nSPS) is 27.6. The van der Waals surface area contributed by atoms with Gasteiger partial charge in [0, 0.05) is 0 Å². The molecule has 0 spiro atoms. The molecule has 0 bridgehead atoms. The van der Waals surface area contributed by atoms with Crippen molar-refractivity contribution in [3.63, 3.8) is 0 Å². The van der Waals surface area contributed by atoms with E-state index >= 15 is 0 Å². The number of allylic oxidation sites excluding steroid dienone is 2. The number of unbranched alkanes of at least 4 members (excludes halogenated alkanes) is 1. The van der Waals surface area contributed by atoms with E-state index in [1.54, 1.807) is 18.2 Å². The zero-order chi connectivity index (χ0) is 21.2. The van der Waals surface area contributed by atoms with Crippen LogP contribution in [0.3, 0.4) is 0 Å². The van der Waals surface area contributed by atoms with Gasteiger partial charge < -0.3 is 0 Å². The summed E-state index contributed by atoms with van der Waals surface area (Å²) in [4.78, 5) is 0. The van der Waals surface area contributed by atoms with E-state index in [9.17, 15) is 8.78 Å². The van der Waals surface area contributed by atoms with Crippen molar-refractivity contribution in [2.75, 3.05) is 0 Å². The molecule has 1 aromatic carbocycles. The van der Waals surface area contributed by atoms with Gasteiger partial charge in [-0.05, 0) is 98.8 Å². The van der Waals surface area contributed by atoms with E-state index in [1.165, 1.54) is 82.3 Å². The first-order valence-corrected chi connectivity index (χ1v) is 12.1. The molecule has 0 radical (unpaired) electrons. The molecule has 1 nitrogen and oxygen atoms in total. The lowest BCUT2D eigenvalue weighted by molar-refractivity contribution is 0.140. The van der Waals surface area contributed by atoms with E-state index in [0.717, 1.165) is 36.5 Å². The maximum absolute atomic E-state index is 13.0. The summed E-state index contributed by atoms with van der Waals surface area (Å²) in [6, 6.07) is 8.52. The van der Waals surface area contributed by atoms with Crippen molar-refractivity contribution in [1.29, 1.82) is 5.26 Å². The van der Waals surface area contributed by atoms with Crippen LogP contribution in [0.1, 0.15) is 89.0 Å². The third-order valence-electron chi connectivity index (χ3n) is 7.70. The number of halogens is 2. The van der Waals surface area contributed by atoms with Gasteiger partial charge in [0.2, 0.25) is 0 Å². The van der Waals surface area contributed by atoms with Crippen LogP contribution < -0.4 is 0 Å². The fourth-order valence-corrected chi connectivity index (χ4v) is 5.80. The van der Waals surface area contributed by atoms with E-state index in [0.29, 0.717) is 6.42 Å². The highest BCUT2D eigenvalue weighted by molar-refractivity contribution is 5.16. The highest BCUT2D eigenvalue weighted by Crippen LogP contribution is 2.43. The Morgan fingerprint density at radius 3 is 2.00 bits per heavy atom. The summed E-state index contributed by atoms with van der Waals surface area (Å²) in [7, 11) is 0. The number of hydrogen-bond donors (Lipinski definition) is 0. The smallest absolute Gasteiger partial charge is 0.196 e. The topological polar surface area (TPSA) is 23.8 Å². The highest BCUT2D eigenvalue weighted by Gasteiger charge is 2.30. The largest absolute Gasteiger partial charge is 0.207 e. The molecule has 0 atom stereocenters. The van der Waals surface area contributed by atoms with Crippen LogP contribution in [0.25, 0.3) is 0 Å². The van der Waals surface area contributed by atoms with Crippen LogP contribution >= 0.6 is 0 Å². The molecule has 2 fully saturated rings. The van der Waals surface area contributed by atoms with Crippen molar-refractivity contribution >= 4 is 0 Å². The average molecular weight is 414 g/mol. The molecule has 3 rings (SSSR count). The van der Waals surface area contributed by atoms with Crippen LogP contribution in [0.4, 0.5) is 8.78 Å². The molecule has 164 valence electrons. The number of benzene rings is 1. The summed E-state index contributed by atoms with van der Waals surface area (Å²) < 4.78 is 25.9. The minimum Gasteiger partial charge on any atom is -0.207 e. The van der Waals surface area contributed by atoms with Gasteiger partial charge in [-0.3, -0.25) is 0 Å². The van der Waals surface area contributed by atoms with Crippen molar-refractivity contribution < 1.29 is 8.78 Å². The van der Waals surface area contributed by atoms with Gasteiger partial charge in [0.05, 0.1) is 0 Å².